The molecule has 1 fully saturated rings. The zero-order valence-corrected chi connectivity index (χ0v) is 18.2. The van der Waals surface area contributed by atoms with Gasteiger partial charge in [0, 0.05) is 6.42 Å². The number of hydrogen-bond donors (Lipinski definition) is 3. The van der Waals surface area contributed by atoms with E-state index in [0.29, 0.717) is 43.1 Å². The van der Waals surface area contributed by atoms with Gasteiger partial charge in [-0.1, -0.05) is 60.7 Å². The molecule has 0 aliphatic carbocycles. The minimum absolute atomic E-state index is 0.140. The summed E-state index contributed by atoms with van der Waals surface area (Å²) in [6.45, 7) is 1.09. The standard InChI is InChI=1S/C18H20N4O3.C7H8O/c19-17-15-6-7-16(22(15)21-12-20-17)18(23)9-8-14(25-18)11-24-10-13-4-2-1-3-5-13;8-6-7-4-2-1-3-5-7/h1-7,12,14,23H,8-11H2,(H2,19,20,21);1-5,8H,6H2. The van der Waals surface area contributed by atoms with Crippen LogP contribution < -0.4 is 5.73 Å². The number of rotatable bonds is 6. The lowest BCUT2D eigenvalue weighted by Gasteiger charge is -2.23. The van der Waals surface area contributed by atoms with Crippen LogP contribution in [0.2, 0.25) is 0 Å². The fraction of sp³-hybridized carbons (Fsp3) is 0.280. The van der Waals surface area contributed by atoms with Gasteiger partial charge in [0.1, 0.15) is 17.5 Å². The number of aromatic nitrogens is 3. The van der Waals surface area contributed by atoms with Crippen LogP contribution in [0, 0.1) is 0 Å². The number of hydrogen-bond acceptors (Lipinski definition) is 7. The van der Waals surface area contributed by atoms with E-state index in [4.69, 9.17) is 20.3 Å². The smallest absolute Gasteiger partial charge is 0.210 e. The Morgan fingerprint density at radius 3 is 2.39 bits per heavy atom. The van der Waals surface area contributed by atoms with Gasteiger partial charge in [-0.05, 0) is 29.7 Å². The van der Waals surface area contributed by atoms with Gasteiger partial charge in [0.05, 0.1) is 25.9 Å². The Bertz CT molecular complexity index is 1150. The van der Waals surface area contributed by atoms with Gasteiger partial charge >= 0.3 is 0 Å². The first-order chi connectivity index (χ1) is 16.1. The molecule has 3 heterocycles. The summed E-state index contributed by atoms with van der Waals surface area (Å²) >= 11 is 0. The summed E-state index contributed by atoms with van der Waals surface area (Å²) in [4.78, 5) is 3.96. The van der Waals surface area contributed by atoms with E-state index >= 15 is 0 Å². The van der Waals surface area contributed by atoms with Gasteiger partial charge in [-0.2, -0.15) is 5.10 Å². The van der Waals surface area contributed by atoms with Crippen molar-refractivity contribution >= 4 is 11.3 Å². The number of nitrogens with zero attached hydrogens (tertiary/aromatic N) is 3. The SMILES string of the molecule is Nc1ncnn2c(C3(O)CCC(COCc4ccccc4)O3)ccc12.OCc1ccccc1. The molecule has 1 saturated heterocycles. The monoisotopic (exact) mass is 448 g/mol. The van der Waals surface area contributed by atoms with Gasteiger partial charge in [0.25, 0.3) is 0 Å². The molecule has 4 N–H and O–H groups in total. The average molecular weight is 449 g/mol. The summed E-state index contributed by atoms with van der Waals surface area (Å²) in [6, 6.07) is 23.0. The third-order valence-electron chi connectivity index (χ3n) is 5.49. The number of aliphatic hydroxyl groups excluding tert-OH is 1. The number of benzene rings is 2. The third kappa shape index (κ3) is 5.55. The highest BCUT2D eigenvalue weighted by atomic mass is 16.6. The van der Waals surface area contributed by atoms with Crippen molar-refractivity contribution < 1.29 is 19.7 Å². The average Bonchev–Trinajstić information content (AvgIpc) is 3.46. The van der Waals surface area contributed by atoms with Crippen molar-refractivity contribution in [2.75, 3.05) is 12.3 Å². The van der Waals surface area contributed by atoms with E-state index < -0.39 is 5.79 Å². The Balaban J connectivity index is 0.000000275. The first kappa shape index (κ1) is 22.9. The summed E-state index contributed by atoms with van der Waals surface area (Å²) in [7, 11) is 0. The van der Waals surface area contributed by atoms with Crippen LogP contribution in [-0.4, -0.2) is 37.5 Å². The molecule has 0 radical (unpaired) electrons. The van der Waals surface area contributed by atoms with Crippen LogP contribution in [0.3, 0.4) is 0 Å². The molecule has 4 aromatic rings. The Hall–Kier alpha value is -3.30. The lowest BCUT2D eigenvalue weighted by molar-refractivity contribution is -0.211. The van der Waals surface area contributed by atoms with Crippen molar-refractivity contribution in [3.05, 3.63) is 95.9 Å². The number of aliphatic hydroxyl groups is 2. The molecule has 33 heavy (non-hydrogen) atoms. The van der Waals surface area contributed by atoms with Crippen molar-refractivity contribution in [2.45, 2.75) is 37.9 Å². The van der Waals surface area contributed by atoms with Crippen LogP contribution in [0.25, 0.3) is 5.52 Å². The Kier molecular flexibility index (Phi) is 7.31. The number of nitrogens with two attached hydrogens (primary N) is 1. The van der Waals surface area contributed by atoms with E-state index in [1.54, 1.807) is 16.6 Å². The zero-order chi connectivity index (χ0) is 23.1. The minimum Gasteiger partial charge on any atom is -0.392 e. The first-order valence-electron chi connectivity index (χ1n) is 10.8. The Morgan fingerprint density at radius 1 is 1.03 bits per heavy atom. The second kappa shape index (κ2) is 10.5. The van der Waals surface area contributed by atoms with Gasteiger partial charge in [-0.25, -0.2) is 9.50 Å². The summed E-state index contributed by atoms with van der Waals surface area (Å²) in [5, 5.41) is 23.6. The molecule has 1 aliphatic rings. The molecule has 172 valence electrons. The van der Waals surface area contributed by atoms with Crippen LogP contribution in [-0.2, 0) is 28.5 Å². The lowest BCUT2D eigenvalue weighted by Crippen LogP contribution is -2.29. The van der Waals surface area contributed by atoms with E-state index in [-0.39, 0.29) is 12.7 Å². The zero-order valence-electron chi connectivity index (χ0n) is 18.2. The molecule has 8 heteroatoms. The molecule has 2 atom stereocenters. The third-order valence-corrected chi connectivity index (χ3v) is 5.49. The summed E-state index contributed by atoms with van der Waals surface area (Å²) in [5.41, 5.74) is 9.13. The Morgan fingerprint density at radius 2 is 1.73 bits per heavy atom. The topological polar surface area (TPSA) is 115 Å². The molecule has 0 saturated carbocycles. The quantitative estimate of drug-likeness (QED) is 0.415. The number of nitrogen functional groups attached to an aromatic ring is 1. The molecular weight excluding hydrogens is 420 g/mol. The maximum atomic E-state index is 10.9. The van der Waals surface area contributed by atoms with Gasteiger partial charge in [-0.15, -0.1) is 0 Å². The van der Waals surface area contributed by atoms with Crippen molar-refractivity contribution in [3.63, 3.8) is 0 Å². The van der Waals surface area contributed by atoms with Crippen LogP contribution in [0.1, 0.15) is 29.7 Å². The highest BCUT2D eigenvalue weighted by Gasteiger charge is 2.42. The number of ether oxygens (including phenoxy) is 2. The van der Waals surface area contributed by atoms with Gasteiger partial charge in [-0.3, -0.25) is 0 Å². The van der Waals surface area contributed by atoms with Crippen molar-refractivity contribution in [1.82, 2.24) is 14.6 Å². The molecule has 0 bridgehead atoms. The highest BCUT2D eigenvalue weighted by Crippen LogP contribution is 2.37. The van der Waals surface area contributed by atoms with E-state index in [1.807, 2.05) is 60.7 Å². The number of fused-ring (bicyclic) bond motifs is 1. The molecular formula is C25H28N4O4. The maximum Gasteiger partial charge on any atom is 0.210 e. The van der Waals surface area contributed by atoms with E-state index in [2.05, 4.69) is 10.1 Å². The van der Waals surface area contributed by atoms with Crippen molar-refractivity contribution in [2.24, 2.45) is 0 Å². The first-order valence-corrected chi connectivity index (χ1v) is 10.8. The summed E-state index contributed by atoms with van der Waals surface area (Å²) < 4.78 is 13.2. The van der Waals surface area contributed by atoms with Crippen molar-refractivity contribution in [1.29, 1.82) is 0 Å². The predicted molar refractivity (Wildman–Crippen MR) is 124 cm³/mol. The van der Waals surface area contributed by atoms with Crippen LogP contribution in [0.5, 0.6) is 0 Å². The molecule has 5 rings (SSSR count). The maximum absolute atomic E-state index is 10.9. The van der Waals surface area contributed by atoms with Crippen molar-refractivity contribution in [3.8, 4) is 0 Å². The van der Waals surface area contributed by atoms with Crippen LogP contribution in [0.4, 0.5) is 5.82 Å². The fourth-order valence-electron chi connectivity index (χ4n) is 3.77. The van der Waals surface area contributed by atoms with E-state index in [1.165, 1.54) is 6.33 Å². The Labute approximate surface area is 192 Å². The second-order valence-electron chi connectivity index (χ2n) is 7.87. The van der Waals surface area contributed by atoms with E-state index in [0.717, 1.165) is 11.1 Å². The highest BCUT2D eigenvalue weighted by molar-refractivity contribution is 5.65. The summed E-state index contributed by atoms with van der Waals surface area (Å²) in [6.07, 6.45) is 2.38. The molecule has 2 unspecified atom stereocenters. The van der Waals surface area contributed by atoms with Crippen LogP contribution >= 0.6 is 0 Å². The molecule has 0 amide bonds. The summed E-state index contributed by atoms with van der Waals surface area (Å²) in [5.74, 6) is -1.03. The molecule has 8 nitrogen and oxygen atoms in total. The second-order valence-corrected chi connectivity index (χ2v) is 7.87. The molecule has 1 aliphatic heterocycles. The van der Waals surface area contributed by atoms with Gasteiger partial charge < -0.3 is 25.4 Å². The van der Waals surface area contributed by atoms with Gasteiger partial charge in [0.2, 0.25) is 5.79 Å². The molecule has 2 aromatic heterocycles. The predicted octanol–water partition coefficient (Wildman–Crippen LogP) is 3.03. The molecule has 2 aromatic carbocycles. The number of anilines is 1. The lowest BCUT2D eigenvalue weighted by atomic mass is 10.1. The van der Waals surface area contributed by atoms with Crippen LogP contribution in [0.15, 0.2) is 79.1 Å². The largest absolute Gasteiger partial charge is 0.392 e. The normalized spacial score (nSPS) is 19.9. The fourth-order valence-corrected chi connectivity index (χ4v) is 3.77. The molecule has 0 spiro atoms. The van der Waals surface area contributed by atoms with Gasteiger partial charge in [0.15, 0.2) is 5.82 Å². The van der Waals surface area contributed by atoms with E-state index in [9.17, 15) is 5.11 Å². The minimum atomic E-state index is -1.39.